The number of benzene rings is 1. The Kier molecular flexibility index (Phi) is 5.58. The molecule has 3 fully saturated rings. The second kappa shape index (κ2) is 8.53. The van der Waals surface area contributed by atoms with Crippen molar-refractivity contribution < 1.29 is 18.7 Å². The highest BCUT2D eigenvalue weighted by molar-refractivity contribution is 7.15. The molecule has 1 aliphatic carbocycles. The minimum atomic E-state index is -0.538. The summed E-state index contributed by atoms with van der Waals surface area (Å²) >= 11 is 1.67. The van der Waals surface area contributed by atoms with Gasteiger partial charge < -0.3 is 19.9 Å². The van der Waals surface area contributed by atoms with Crippen molar-refractivity contribution in [2.75, 3.05) is 54.0 Å². The molecule has 32 heavy (non-hydrogen) atoms. The molecule has 0 bridgehead atoms. The van der Waals surface area contributed by atoms with E-state index < -0.39 is 12.2 Å². The number of piperazine rings is 1. The number of anilines is 3. The molecule has 1 atom stereocenters. The molecule has 2 saturated heterocycles. The first-order valence-electron chi connectivity index (χ1n) is 10.8. The second-order valence-electron chi connectivity index (χ2n) is 8.36. The average molecular weight is 461 g/mol. The molecule has 5 rings (SSSR count). The van der Waals surface area contributed by atoms with Crippen LogP contribution in [0.15, 0.2) is 18.2 Å². The van der Waals surface area contributed by atoms with E-state index in [1.54, 1.807) is 23.5 Å². The zero-order chi connectivity index (χ0) is 22.2. The molecule has 0 unspecified atom stereocenters. The van der Waals surface area contributed by atoms with Gasteiger partial charge in [0.2, 0.25) is 11.0 Å². The number of cyclic esters (lactones) is 1. The van der Waals surface area contributed by atoms with E-state index in [0.717, 1.165) is 23.2 Å². The third-order valence-electron chi connectivity index (χ3n) is 5.94. The molecule has 3 heterocycles. The van der Waals surface area contributed by atoms with Crippen LogP contribution in [0.4, 0.5) is 25.7 Å². The number of aromatic nitrogens is 2. The number of ether oxygens (including phenoxy) is 1. The van der Waals surface area contributed by atoms with Gasteiger partial charge >= 0.3 is 6.09 Å². The van der Waals surface area contributed by atoms with Crippen LogP contribution in [-0.2, 0) is 9.53 Å². The third-order valence-corrected chi connectivity index (χ3v) is 7.09. The van der Waals surface area contributed by atoms with E-state index in [2.05, 4.69) is 20.4 Å². The van der Waals surface area contributed by atoms with Crippen molar-refractivity contribution in [3.8, 4) is 0 Å². The summed E-state index contributed by atoms with van der Waals surface area (Å²) < 4.78 is 20.2. The van der Waals surface area contributed by atoms with Crippen molar-refractivity contribution in [2.24, 2.45) is 0 Å². The molecule has 0 spiro atoms. The zero-order valence-electron chi connectivity index (χ0n) is 17.8. The number of carbonyl (C=O) groups is 2. The Morgan fingerprint density at radius 2 is 1.97 bits per heavy atom. The summed E-state index contributed by atoms with van der Waals surface area (Å²) in [7, 11) is 0. The molecule has 1 saturated carbocycles. The van der Waals surface area contributed by atoms with Gasteiger partial charge in [-0.1, -0.05) is 11.3 Å². The second-order valence-corrected chi connectivity index (χ2v) is 9.35. The van der Waals surface area contributed by atoms with Crippen molar-refractivity contribution in [1.29, 1.82) is 0 Å². The lowest BCUT2D eigenvalue weighted by atomic mass is 10.2. The molecule has 170 valence electrons. The number of hydrogen-bond donors (Lipinski definition) is 1. The molecule has 2 aromatic rings. The summed E-state index contributed by atoms with van der Waals surface area (Å²) in [6, 6.07) is 4.82. The van der Waals surface area contributed by atoms with Crippen molar-refractivity contribution in [1.82, 2.24) is 15.5 Å². The maximum Gasteiger partial charge on any atom is 0.414 e. The maximum atomic E-state index is 15.0. The fourth-order valence-corrected chi connectivity index (χ4v) is 5.07. The van der Waals surface area contributed by atoms with E-state index in [4.69, 9.17) is 4.74 Å². The summed E-state index contributed by atoms with van der Waals surface area (Å²) in [6.07, 6.45) is 1.43. The van der Waals surface area contributed by atoms with E-state index in [0.29, 0.717) is 30.4 Å². The molecule has 2 aliphatic heterocycles. The number of hydrogen-bond acceptors (Lipinski definition) is 8. The Bertz CT molecular complexity index is 1020. The highest BCUT2D eigenvalue weighted by Crippen LogP contribution is 2.42. The van der Waals surface area contributed by atoms with Crippen LogP contribution in [0.25, 0.3) is 0 Å². The van der Waals surface area contributed by atoms with Gasteiger partial charge in [-0.2, -0.15) is 0 Å². The van der Waals surface area contributed by atoms with Gasteiger partial charge in [0.15, 0.2) is 0 Å². The molecule has 11 heteroatoms. The largest absolute Gasteiger partial charge is 0.442 e. The summed E-state index contributed by atoms with van der Waals surface area (Å²) in [6.45, 7) is 4.77. The van der Waals surface area contributed by atoms with Gasteiger partial charge in [0, 0.05) is 39.0 Å². The van der Waals surface area contributed by atoms with Crippen LogP contribution >= 0.6 is 11.3 Å². The standard InChI is InChI=1S/C21H25FN6O3S/c1-13(29)23-11-16-12-28(21(30)31-16)15-4-5-18(17(22)10-15)26-6-8-27(9-7-26)20-25-24-19(32-20)14-2-3-14/h4-5,10,14,16H,2-3,6-9,11-12H2,1H3,(H,23,29)/t16-/m0/s1. The van der Waals surface area contributed by atoms with Crippen molar-refractivity contribution in [3.05, 3.63) is 29.0 Å². The number of carbonyl (C=O) groups excluding carboxylic acids is 2. The van der Waals surface area contributed by atoms with E-state index in [1.807, 2.05) is 4.90 Å². The van der Waals surface area contributed by atoms with Crippen LogP contribution in [0.3, 0.4) is 0 Å². The lowest BCUT2D eigenvalue weighted by Gasteiger charge is -2.36. The first-order chi connectivity index (χ1) is 15.5. The van der Waals surface area contributed by atoms with Gasteiger partial charge in [0.1, 0.15) is 16.9 Å². The van der Waals surface area contributed by atoms with Crippen molar-refractivity contribution in [3.63, 3.8) is 0 Å². The topological polar surface area (TPSA) is 90.9 Å². The van der Waals surface area contributed by atoms with E-state index in [1.165, 1.54) is 30.7 Å². The van der Waals surface area contributed by atoms with Crippen LogP contribution in [0.2, 0.25) is 0 Å². The fraction of sp³-hybridized carbons (Fsp3) is 0.524. The van der Waals surface area contributed by atoms with Crippen LogP contribution in [0.5, 0.6) is 0 Å². The maximum absolute atomic E-state index is 15.0. The smallest absolute Gasteiger partial charge is 0.414 e. The predicted octanol–water partition coefficient (Wildman–Crippen LogP) is 2.34. The van der Waals surface area contributed by atoms with Gasteiger partial charge in [-0.3, -0.25) is 9.69 Å². The van der Waals surface area contributed by atoms with Gasteiger partial charge in [-0.05, 0) is 31.0 Å². The lowest BCUT2D eigenvalue weighted by Crippen LogP contribution is -2.46. The SMILES string of the molecule is CC(=O)NC[C@H]1CN(c2ccc(N3CCN(c4nnc(C5CC5)s4)CC3)c(F)c2)C(=O)O1. The molecule has 1 N–H and O–H groups in total. The van der Waals surface area contributed by atoms with Crippen molar-refractivity contribution >= 4 is 39.8 Å². The molecular weight excluding hydrogens is 435 g/mol. The number of halogens is 1. The van der Waals surface area contributed by atoms with Gasteiger partial charge in [-0.25, -0.2) is 9.18 Å². The van der Waals surface area contributed by atoms with Crippen LogP contribution in [0, 0.1) is 5.82 Å². The Hall–Kier alpha value is -2.95. The Balaban J connectivity index is 1.20. The van der Waals surface area contributed by atoms with Crippen LogP contribution in [-0.4, -0.2) is 67.6 Å². The molecular formula is C21H25FN6O3S. The van der Waals surface area contributed by atoms with Crippen LogP contribution in [0.1, 0.15) is 30.7 Å². The summed E-state index contributed by atoms with van der Waals surface area (Å²) in [5, 5.41) is 13.4. The van der Waals surface area contributed by atoms with Crippen molar-refractivity contribution in [2.45, 2.75) is 31.8 Å². The number of nitrogens with one attached hydrogen (secondary N) is 1. The Labute approximate surface area is 189 Å². The fourth-order valence-electron chi connectivity index (χ4n) is 4.00. The van der Waals surface area contributed by atoms with E-state index in [-0.39, 0.29) is 24.8 Å². The molecule has 2 amide bonds. The molecule has 1 aromatic heterocycles. The van der Waals surface area contributed by atoms with E-state index in [9.17, 15) is 14.0 Å². The Morgan fingerprint density at radius 3 is 2.66 bits per heavy atom. The average Bonchev–Trinajstić information content (AvgIpc) is 3.39. The predicted molar refractivity (Wildman–Crippen MR) is 119 cm³/mol. The normalized spacial score (nSPS) is 21.1. The van der Waals surface area contributed by atoms with Crippen LogP contribution < -0.4 is 20.0 Å². The summed E-state index contributed by atoms with van der Waals surface area (Å²) in [5.41, 5.74) is 0.966. The molecule has 9 nitrogen and oxygen atoms in total. The quantitative estimate of drug-likeness (QED) is 0.708. The van der Waals surface area contributed by atoms with E-state index >= 15 is 0 Å². The summed E-state index contributed by atoms with van der Waals surface area (Å²) in [4.78, 5) is 28.9. The minimum Gasteiger partial charge on any atom is -0.442 e. The highest BCUT2D eigenvalue weighted by Gasteiger charge is 2.33. The highest BCUT2D eigenvalue weighted by atomic mass is 32.1. The number of amides is 2. The van der Waals surface area contributed by atoms with Gasteiger partial charge in [0.05, 0.1) is 24.5 Å². The minimum absolute atomic E-state index is 0.190. The Morgan fingerprint density at radius 1 is 1.22 bits per heavy atom. The zero-order valence-corrected chi connectivity index (χ0v) is 18.6. The van der Waals surface area contributed by atoms with Gasteiger partial charge in [-0.15, -0.1) is 10.2 Å². The first kappa shape index (κ1) is 20.9. The summed E-state index contributed by atoms with van der Waals surface area (Å²) in [5.74, 6) is 0.0363. The molecule has 0 radical (unpaired) electrons. The first-order valence-corrected chi connectivity index (χ1v) is 11.6. The molecule has 3 aliphatic rings. The monoisotopic (exact) mass is 460 g/mol. The third kappa shape index (κ3) is 4.34. The lowest BCUT2D eigenvalue weighted by molar-refractivity contribution is -0.119. The number of rotatable bonds is 6. The molecule has 1 aromatic carbocycles. The number of nitrogens with zero attached hydrogens (tertiary/aromatic N) is 5. The van der Waals surface area contributed by atoms with Gasteiger partial charge in [0.25, 0.3) is 0 Å².